The molecule has 0 amide bonds. The molecule has 0 fully saturated rings. The summed E-state index contributed by atoms with van der Waals surface area (Å²) in [6.07, 6.45) is 3.50. The van der Waals surface area contributed by atoms with E-state index in [1.54, 1.807) is 10.9 Å². The van der Waals surface area contributed by atoms with Crippen molar-refractivity contribution in [1.29, 1.82) is 0 Å². The summed E-state index contributed by atoms with van der Waals surface area (Å²) >= 11 is 5.39. The highest BCUT2D eigenvalue weighted by Crippen LogP contribution is 2.21. The number of aromatic amines is 1. The predicted octanol–water partition coefficient (Wildman–Crippen LogP) is 4.95. The Kier molecular flexibility index (Phi) is 5.67. The van der Waals surface area contributed by atoms with Crippen molar-refractivity contribution in [1.82, 2.24) is 19.4 Å². The maximum absolute atomic E-state index is 5.51. The molecule has 3 heterocycles. The molecule has 0 spiro atoms. The zero-order valence-corrected chi connectivity index (χ0v) is 17.9. The van der Waals surface area contributed by atoms with Crippen molar-refractivity contribution < 1.29 is 9.15 Å². The minimum atomic E-state index is 0.430. The van der Waals surface area contributed by atoms with Crippen LogP contribution in [0.2, 0.25) is 0 Å². The van der Waals surface area contributed by atoms with Crippen molar-refractivity contribution in [2.45, 2.75) is 27.3 Å². The van der Waals surface area contributed by atoms with Crippen LogP contribution < -0.4 is 4.74 Å². The third kappa shape index (κ3) is 3.99. The van der Waals surface area contributed by atoms with Gasteiger partial charge in [0.25, 0.3) is 0 Å². The van der Waals surface area contributed by atoms with Crippen LogP contribution >= 0.6 is 12.2 Å². The Morgan fingerprint density at radius 1 is 1.23 bits per heavy atom. The summed E-state index contributed by atoms with van der Waals surface area (Å²) in [4.78, 5) is 0. The molecule has 0 bridgehead atoms. The third-order valence-electron chi connectivity index (χ3n) is 4.89. The number of rotatable bonds is 7. The van der Waals surface area contributed by atoms with Gasteiger partial charge in [-0.05, 0) is 75.5 Å². The van der Waals surface area contributed by atoms with Crippen LogP contribution in [-0.4, -0.2) is 32.3 Å². The SMILES string of the molecule is CCOc1ccc(-c2n[nH]c(=S)n2/N=C\c2cc(C)n(Cc3ccco3)c2C)cc1. The summed E-state index contributed by atoms with van der Waals surface area (Å²) in [5, 5.41) is 11.8. The second-order valence-electron chi connectivity index (χ2n) is 6.86. The van der Waals surface area contributed by atoms with Gasteiger partial charge in [0, 0.05) is 22.5 Å². The molecule has 0 aliphatic rings. The van der Waals surface area contributed by atoms with E-state index in [9.17, 15) is 0 Å². The highest BCUT2D eigenvalue weighted by molar-refractivity contribution is 7.71. The van der Waals surface area contributed by atoms with Crippen LogP contribution in [0.1, 0.15) is 29.6 Å². The summed E-state index contributed by atoms with van der Waals surface area (Å²) in [7, 11) is 0. The molecule has 7 nitrogen and oxygen atoms in total. The molecule has 4 aromatic rings. The lowest BCUT2D eigenvalue weighted by atomic mass is 10.2. The molecule has 0 aliphatic carbocycles. The summed E-state index contributed by atoms with van der Waals surface area (Å²) in [6, 6.07) is 13.7. The van der Waals surface area contributed by atoms with E-state index in [0.717, 1.165) is 34.0 Å². The standard InChI is InChI=1S/C22H23N5O2S/c1-4-28-19-9-7-17(8-10-19)21-24-25-22(30)27(21)23-13-18-12-15(2)26(16(18)3)14-20-6-5-11-29-20/h5-13H,4,14H2,1-3H3,(H,25,30)/b23-13-. The van der Waals surface area contributed by atoms with E-state index in [2.05, 4.69) is 39.8 Å². The highest BCUT2D eigenvalue weighted by atomic mass is 32.1. The van der Waals surface area contributed by atoms with Crippen LogP contribution in [0.5, 0.6) is 5.75 Å². The quantitative estimate of drug-likeness (QED) is 0.339. The number of H-pyrrole nitrogens is 1. The number of nitrogens with zero attached hydrogens (tertiary/aromatic N) is 4. The molecule has 154 valence electrons. The molecule has 0 atom stereocenters. The first-order valence-electron chi connectivity index (χ1n) is 9.71. The van der Waals surface area contributed by atoms with Crippen LogP contribution in [0, 0.1) is 18.6 Å². The van der Waals surface area contributed by atoms with Crippen molar-refractivity contribution in [3.63, 3.8) is 0 Å². The van der Waals surface area contributed by atoms with Gasteiger partial charge < -0.3 is 13.7 Å². The normalized spacial score (nSPS) is 11.4. The van der Waals surface area contributed by atoms with Crippen molar-refractivity contribution in [3.05, 3.63) is 76.2 Å². The fourth-order valence-corrected chi connectivity index (χ4v) is 3.51. The summed E-state index contributed by atoms with van der Waals surface area (Å²) in [6.45, 7) is 7.41. The number of aryl methyl sites for hydroxylation is 1. The molecule has 0 radical (unpaired) electrons. The Balaban J connectivity index is 1.62. The van der Waals surface area contributed by atoms with E-state index in [1.165, 1.54) is 0 Å². The average Bonchev–Trinajstić information content (AvgIpc) is 3.45. The second kappa shape index (κ2) is 8.54. The molecular formula is C22H23N5O2S. The minimum Gasteiger partial charge on any atom is -0.494 e. The molecule has 1 N–H and O–H groups in total. The number of ether oxygens (including phenoxy) is 1. The van der Waals surface area contributed by atoms with Crippen LogP contribution in [0.25, 0.3) is 11.4 Å². The van der Waals surface area contributed by atoms with E-state index in [0.29, 0.717) is 23.7 Å². The monoisotopic (exact) mass is 421 g/mol. The lowest BCUT2D eigenvalue weighted by Gasteiger charge is -2.07. The summed E-state index contributed by atoms with van der Waals surface area (Å²) in [5.41, 5.74) is 4.14. The van der Waals surface area contributed by atoms with Gasteiger partial charge in [0.2, 0.25) is 4.77 Å². The van der Waals surface area contributed by atoms with Gasteiger partial charge in [0.15, 0.2) is 5.82 Å². The maximum Gasteiger partial charge on any atom is 0.216 e. The minimum absolute atomic E-state index is 0.430. The smallest absolute Gasteiger partial charge is 0.216 e. The molecule has 0 saturated heterocycles. The van der Waals surface area contributed by atoms with E-state index >= 15 is 0 Å². The number of benzene rings is 1. The number of hydrogen-bond acceptors (Lipinski definition) is 5. The highest BCUT2D eigenvalue weighted by Gasteiger charge is 2.11. The zero-order valence-electron chi connectivity index (χ0n) is 17.1. The maximum atomic E-state index is 5.51. The van der Waals surface area contributed by atoms with Crippen LogP contribution in [-0.2, 0) is 6.54 Å². The Labute approximate surface area is 179 Å². The lowest BCUT2D eigenvalue weighted by molar-refractivity contribution is 0.340. The van der Waals surface area contributed by atoms with Gasteiger partial charge in [-0.2, -0.15) is 14.9 Å². The van der Waals surface area contributed by atoms with E-state index in [1.807, 2.05) is 49.5 Å². The van der Waals surface area contributed by atoms with Crippen LogP contribution in [0.3, 0.4) is 0 Å². The van der Waals surface area contributed by atoms with Gasteiger partial charge in [-0.3, -0.25) is 0 Å². The molecule has 8 heteroatoms. The topological polar surface area (TPSA) is 73.3 Å². The van der Waals surface area contributed by atoms with E-state index < -0.39 is 0 Å². The molecular weight excluding hydrogens is 398 g/mol. The largest absolute Gasteiger partial charge is 0.494 e. The Morgan fingerprint density at radius 3 is 2.73 bits per heavy atom. The summed E-state index contributed by atoms with van der Waals surface area (Å²) < 4.78 is 15.2. The van der Waals surface area contributed by atoms with Crippen molar-refractivity contribution >= 4 is 18.4 Å². The Hall–Kier alpha value is -3.39. The zero-order chi connectivity index (χ0) is 21.1. The van der Waals surface area contributed by atoms with Gasteiger partial charge in [0.1, 0.15) is 11.5 Å². The fraction of sp³-hybridized carbons (Fsp3) is 0.227. The molecule has 0 aliphatic heterocycles. The van der Waals surface area contributed by atoms with Gasteiger partial charge >= 0.3 is 0 Å². The van der Waals surface area contributed by atoms with E-state index in [-0.39, 0.29) is 0 Å². The lowest BCUT2D eigenvalue weighted by Crippen LogP contribution is -2.03. The molecule has 4 rings (SSSR count). The molecule has 0 saturated carbocycles. The fourth-order valence-electron chi connectivity index (χ4n) is 3.33. The third-order valence-corrected chi connectivity index (χ3v) is 5.16. The number of furan rings is 1. The van der Waals surface area contributed by atoms with Gasteiger partial charge in [-0.25, -0.2) is 5.10 Å². The first-order valence-corrected chi connectivity index (χ1v) is 10.1. The molecule has 3 aromatic heterocycles. The van der Waals surface area contributed by atoms with Crippen molar-refractivity contribution in [2.24, 2.45) is 5.10 Å². The second-order valence-corrected chi connectivity index (χ2v) is 7.24. The Morgan fingerprint density at radius 2 is 2.03 bits per heavy atom. The van der Waals surface area contributed by atoms with E-state index in [4.69, 9.17) is 21.4 Å². The van der Waals surface area contributed by atoms with Gasteiger partial charge in [-0.15, -0.1) is 0 Å². The van der Waals surface area contributed by atoms with Crippen LogP contribution in [0.15, 0.2) is 58.2 Å². The van der Waals surface area contributed by atoms with Crippen molar-refractivity contribution in [2.75, 3.05) is 6.61 Å². The van der Waals surface area contributed by atoms with Gasteiger partial charge in [-0.1, -0.05) is 0 Å². The average molecular weight is 422 g/mol. The molecule has 30 heavy (non-hydrogen) atoms. The first-order chi connectivity index (χ1) is 14.6. The van der Waals surface area contributed by atoms with Crippen molar-refractivity contribution in [3.8, 4) is 17.1 Å². The predicted molar refractivity (Wildman–Crippen MR) is 119 cm³/mol. The molecule has 1 aromatic carbocycles. The number of aromatic nitrogens is 4. The first kappa shape index (κ1) is 19.9. The van der Waals surface area contributed by atoms with Crippen LogP contribution in [0.4, 0.5) is 0 Å². The summed E-state index contributed by atoms with van der Waals surface area (Å²) in [5.74, 6) is 2.37. The Bertz CT molecular complexity index is 1210. The molecule has 0 unspecified atom stereocenters. The number of hydrogen-bond donors (Lipinski definition) is 1. The van der Waals surface area contributed by atoms with Gasteiger partial charge in [0.05, 0.1) is 25.6 Å². The number of nitrogens with one attached hydrogen (secondary N) is 1.